The lowest BCUT2D eigenvalue weighted by molar-refractivity contribution is 1.11. The first-order valence-corrected chi connectivity index (χ1v) is 8.21. The van der Waals surface area contributed by atoms with Crippen LogP contribution in [0.15, 0.2) is 59.5 Å². The van der Waals surface area contributed by atoms with Crippen LogP contribution in [0.1, 0.15) is 11.1 Å². The molecule has 0 amide bonds. The second kappa shape index (κ2) is 5.66. The van der Waals surface area contributed by atoms with Crippen molar-refractivity contribution in [3.8, 4) is 0 Å². The lowest BCUT2D eigenvalue weighted by Gasteiger charge is -2.11. The van der Waals surface area contributed by atoms with Crippen LogP contribution < -0.4 is 5.32 Å². The molecule has 1 N–H and O–H groups in total. The molecule has 4 nitrogen and oxygen atoms in total. The second-order valence-corrected chi connectivity index (χ2v) is 6.39. The molecule has 0 spiro atoms. The van der Waals surface area contributed by atoms with E-state index in [4.69, 9.17) is 4.98 Å². The molecule has 23 heavy (non-hydrogen) atoms. The van der Waals surface area contributed by atoms with Gasteiger partial charge in [-0.15, -0.1) is 0 Å². The van der Waals surface area contributed by atoms with Gasteiger partial charge in [0.25, 0.3) is 0 Å². The molecule has 0 bridgehead atoms. The van der Waals surface area contributed by atoms with E-state index >= 15 is 0 Å². The van der Waals surface area contributed by atoms with Crippen LogP contribution in [0.4, 0.5) is 5.82 Å². The highest BCUT2D eigenvalue weighted by atomic mass is 79.9. The van der Waals surface area contributed by atoms with Crippen molar-refractivity contribution in [1.29, 1.82) is 0 Å². The quantitative estimate of drug-likeness (QED) is 0.577. The van der Waals surface area contributed by atoms with Gasteiger partial charge in [0.2, 0.25) is 0 Å². The Morgan fingerprint density at radius 1 is 1.13 bits per heavy atom. The molecule has 0 aliphatic rings. The molecule has 0 radical (unpaired) electrons. The number of anilines is 1. The van der Waals surface area contributed by atoms with Gasteiger partial charge in [-0.1, -0.05) is 46.3 Å². The van der Waals surface area contributed by atoms with Gasteiger partial charge in [0.05, 0.1) is 23.6 Å². The first-order valence-electron chi connectivity index (χ1n) is 7.42. The number of halogens is 1. The topological polar surface area (TPSA) is 42.2 Å². The molecule has 0 aliphatic heterocycles. The van der Waals surface area contributed by atoms with E-state index < -0.39 is 0 Å². The van der Waals surface area contributed by atoms with E-state index in [1.165, 1.54) is 11.1 Å². The predicted octanol–water partition coefficient (Wildman–Crippen LogP) is 4.57. The Morgan fingerprint density at radius 3 is 2.78 bits per heavy atom. The third kappa shape index (κ3) is 2.57. The van der Waals surface area contributed by atoms with E-state index in [1.54, 1.807) is 0 Å². The third-order valence-electron chi connectivity index (χ3n) is 3.93. The molecule has 0 unspecified atom stereocenters. The SMILES string of the molecule is Cc1cc2nc(NCc3ccccc3)c3cncn3c2cc1Br. The number of rotatable bonds is 3. The zero-order valence-electron chi connectivity index (χ0n) is 12.6. The van der Waals surface area contributed by atoms with Gasteiger partial charge < -0.3 is 5.32 Å². The molecule has 4 rings (SSSR count). The summed E-state index contributed by atoms with van der Waals surface area (Å²) in [5, 5.41) is 3.43. The largest absolute Gasteiger partial charge is 0.364 e. The molecule has 2 heterocycles. The molecule has 0 fully saturated rings. The Bertz CT molecular complexity index is 992. The minimum absolute atomic E-state index is 0.732. The molecule has 4 aromatic rings. The van der Waals surface area contributed by atoms with Crippen LogP contribution in [0.2, 0.25) is 0 Å². The number of imidazole rings is 1. The lowest BCUT2D eigenvalue weighted by Crippen LogP contribution is -2.04. The molecular formula is C18H15BrN4. The molecule has 0 saturated carbocycles. The monoisotopic (exact) mass is 366 g/mol. The highest BCUT2D eigenvalue weighted by Crippen LogP contribution is 2.27. The number of nitrogens with zero attached hydrogens (tertiary/aromatic N) is 3. The fraction of sp³-hybridized carbons (Fsp3) is 0.111. The number of hydrogen-bond acceptors (Lipinski definition) is 3. The smallest absolute Gasteiger partial charge is 0.153 e. The maximum Gasteiger partial charge on any atom is 0.153 e. The number of aryl methyl sites for hydroxylation is 1. The summed E-state index contributed by atoms with van der Waals surface area (Å²) >= 11 is 3.59. The number of benzene rings is 2. The van der Waals surface area contributed by atoms with Crippen LogP contribution in [0.25, 0.3) is 16.6 Å². The molecule has 2 aromatic heterocycles. The van der Waals surface area contributed by atoms with Crippen molar-refractivity contribution in [2.45, 2.75) is 13.5 Å². The van der Waals surface area contributed by atoms with Gasteiger partial charge in [-0.2, -0.15) is 0 Å². The molecule has 0 atom stereocenters. The summed E-state index contributed by atoms with van der Waals surface area (Å²) in [4.78, 5) is 9.09. The van der Waals surface area contributed by atoms with Crippen molar-refractivity contribution in [3.05, 3.63) is 70.6 Å². The molecule has 114 valence electrons. The standard InChI is InChI=1S/C18H15BrN4/c1-12-7-15-16(8-14(12)19)23-11-20-10-17(23)18(22-15)21-9-13-5-3-2-4-6-13/h2-8,10-11H,9H2,1H3,(H,21,22). The zero-order chi connectivity index (χ0) is 15.8. The summed E-state index contributed by atoms with van der Waals surface area (Å²) in [5.74, 6) is 0.848. The Kier molecular flexibility index (Phi) is 3.50. The lowest BCUT2D eigenvalue weighted by atomic mass is 10.2. The predicted molar refractivity (Wildman–Crippen MR) is 96.7 cm³/mol. The van der Waals surface area contributed by atoms with E-state index in [1.807, 2.05) is 30.7 Å². The Balaban J connectivity index is 1.82. The van der Waals surface area contributed by atoms with Crippen LogP contribution in [0.3, 0.4) is 0 Å². The molecule has 5 heteroatoms. The fourth-order valence-corrected chi connectivity index (χ4v) is 3.02. The van der Waals surface area contributed by atoms with Crippen LogP contribution >= 0.6 is 15.9 Å². The van der Waals surface area contributed by atoms with Gasteiger partial charge in [-0.25, -0.2) is 9.97 Å². The van der Waals surface area contributed by atoms with Gasteiger partial charge >= 0.3 is 0 Å². The Morgan fingerprint density at radius 2 is 1.96 bits per heavy atom. The average molecular weight is 367 g/mol. The summed E-state index contributed by atoms with van der Waals surface area (Å²) in [5.41, 5.74) is 5.36. The van der Waals surface area contributed by atoms with Crippen molar-refractivity contribution in [2.24, 2.45) is 0 Å². The van der Waals surface area contributed by atoms with Gasteiger partial charge in [-0.3, -0.25) is 4.40 Å². The molecule has 0 saturated heterocycles. The van der Waals surface area contributed by atoms with E-state index in [9.17, 15) is 0 Å². The van der Waals surface area contributed by atoms with Gasteiger partial charge in [0.1, 0.15) is 5.52 Å². The number of nitrogens with one attached hydrogen (secondary N) is 1. The van der Waals surface area contributed by atoms with Crippen LogP contribution in [-0.2, 0) is 6.54 Å². The molecular weight excluding hydrogens is 352 g/mol. The van der Waals surface area contributed by atoms with E-state index in [-0.39, 0.29) is 0 Å². The van der Waals surface area contributed by atoms with Crippen molar-refractivity contribution < 1.29 is 0 Å². The van der Waals surface area contributed by atoms with E-state index in [0.717, 1.165) is 33.4 Å². The number of aromatic nitrogens is 3. The van der Waals surface area contributed by atoms with E-state index in [2.05, 4.69) is 61.8 Å². The highest BCUT2D eigenvalue weighted by molar-refractivity contribution is 9.10. The maximum absolute atomic E-state index is 4.80. The van der Waals surface area contributed by atoms with Crippen LogP contribution in [-0.4, -0.2) is 14.4 Å². The average Bonchev–Trinajstić information content (AvgIpc) is 3.05. The van der Waals surface area contributed by atoms with Crippen molar-refractivity contribution in [3.63, 3.8) is 0 Å². The summed E-state index contributed by atoms with van der Waals surface area (Å²) in [7, 11) is 0. The highest BCUT2D eigenvalue weighted by Gasteiger charge is 2.10. The van der Waals surface area contributed by atoms with Crippen LogP contribution in [0, 0.1) is 6.92 Å². The first kappa shape index (κ1) is 14.2. The van der Waals surface area contributed by atoms with Crippen molar-refractivity contribution in [1.82, 2.24) is 14.4 Å². The first-order chi connectivity index (χ1) is 11.2. The zero-order valence-corrected chi connectivity index (χ0v) is 14.2. The Hall–Kier alpha value is -2.40. The van der Waals surface area contributed by atoms with E-state index in [0.29, 0.717) is 0 Å². The summed E-state index contributed by atoms with van der Waals surface area (Å²) in [6.07, 6.45) is 3.67. The second-order valence-electron chi connectivity index (χ2n) is 5.54. The number of hydrogen-bond donors (Lipinski definition) is 1. The summed E-state index contributed by atoms with van der Waals surface area (Å²) in [6, 6.07) is 14.5. The molecule has 2 aromatic carbocycles. The van der Waals surface area contributed by atoms with Gasteiger partial charge in [0.15, 0.2) is 5.82 Å². The van der Waals surface area contributed by atoms with Crippen molar-refractivity contribution >= 4 is 38.3 Å². The fourth-order valence-electron chi connectivity index (χ4n) is 2.69. The van der Waals surface area contributed by atoms with Gasteiger partial charge in [-0.05, 0) is 30.2 Å². The van der Waals surface area contributed by atoms with Gasteiger partial charge in [0, 0.05) is 11.0 Å². The Labute approximate surface area is 142 Å². The maximum atomic E-state index is 4.80. The van der Waals surface area contributed by atoms with Crippen molar-refractivity contribution in [2.75, 3.05) is 5.32 Å². The minimum atomic E-state index is 0.732. The van der Waals surface area contributed by atoms with Crippen LogP contribution in [0.5, 0.6) is 0 Å². The number of fused-ring (bicyclic) bond motifs is 3. The summed E-state index contributed by atoms with van der Waals surface area (Å²) in [6.45, 7) is 2.80. The summed E-state index contributed by atoms with van der Waals surface area (Å²) < 4.78 is 3.15. The molecule has 0 aliphatic carbocycles. The normalized spacial score (nSPS) is 11.2. The minimum Gasteiger partial charge on any atom is -0.364 e. The third-order valence-corrected chi connectivity index (χ3v) is 4.79.